The van der Waals surface area contributed by atoms with Gasteiger partial charge in [-0.2, -0.15) is 12.7 Å². The number of halogens is 2. The third-order valence-electron chi connectivity index (χ3n) is 12.5. The Hall–Kier alpha value is -4.48. The number of pyridine rings is 1. The van der Waals surface area contributed by atoms with Gasteiger partial charge in [0.05, 0.1) is 34.9 Å². The van der Waals surface area contributed by atoms with Crippen LogP contribution in [0.2, 0.25) is 10.0 Å². The fourth-order valence-corrected chi connectivity index (χ4v) is 11.3. The molecule has 4 aliphatic rings. The van der Waals surface area contributed by atoms with E-state index in [4.69, 9.17) is 42.6 Å². The molecule has 4 aromatic rings. The molecule has 0 radical (unpaired) electrons. The summed E-state index contributed by atoms with van der Waals surface area (Å²) in [6.45, 7) is 6.77. The Morgan fingerprint density at radius 3 is 2.54 bits per heavy atom. The molecule has 2 aromatic heterocycles. The number of allylic oxidation sites excluding steroid dienone is 1. The van der Waals surface area contributed by atoms with Crippen LogP contribution in [0.1, 0.15) is 88.8 Å². The second-order valence-electron chi connectivity index (χ2n) is 17.2. The number of nitrogens with one attached hydrogen (secondary N) is 3. The van der Waals surface area contributed by atoms with Gasteiger partial charge in [-0.3, -0.25) is 14.4 Å². The normalized spacial score (nSPS) is 25.2. The molecule has 0 spiro atoms. The number of carbonyl (C=O) groups excluding carboxylic acids is 3. The number of methoxy groups -OCH3 is 1. The van der Waals surface area contributed by atoms with Gasteiger partial charge in [-0.25, -0.2) is 14.7 Å². The number of fused-ring (bicyclic) bond motifs is 3. The van der Waals surface area contributed by atoms with Crippen molar-refractivity contribution in [3.63, 3.8) is 0 Å². The average Bonchev–Trinajstić information content (AvgIpc) is 3.76. The topological polar surface area (TPSA) is 172 Å². The van der Waals surface area contributed by atoms with Crippen molar-refractivity contribution in [2.75, 3.05) is 32.1 Å². The molecule has 3 aliphatic heterocycles. The van der Waals surface area contributed by atoms with E-state index in [1.54, 1.807) is 25.3 Å². The largest absolute Gasteiger partial charge is 0.496 e. The van der Waals surface area contributed by atoms with Crippen LogP contribution in [0.25, 0.3) is 21.6 Å². The van der Waals surface area contributed by atoms with Crippen molar-refractivity contribution < 1.29 is 32.3 Å². The molecule has 3 amide bonds. The number of thiazole rings is 1. The van der Waals surface area contributed by atoms with E-state index in [1.807, 2.05) is 42.7 Å². The fraction of sp³-hybridized carbons (Fsp3) is 0.489. The Labute approximate surface area is 382 Å². The second-order valence-corrected chi connectivity index (χ2v) is 20.6. The lowest BCUT2D eigenvalue weighted by Gasteiger charge is -2.30. The summed E-state index contributed by atoms with van der Waals surface area (Å²) in [6, 6.07) is 8.85. The molecule has 1 aliphatic carbocycles. The number of aromatic nitrogens is 2. The van der Waals surface area contributed by atoms with Crippen LogP contribution in [-0.2, 0) is 24.6 Å². The van der Waals surface area contributed by atoms with Crippen molar-refractivity contribution in [2.45, 2.75) is 108 Å². The van der Waals surface area contributed by atoms with E-state index in [9.17, 15) is 22.8 Å². The van der Waals surface area contributed by atoms with Crippen LogP contribution in [0, 0.1) is 12.8 Å². The Morgan fingerprint density at radius 2 is 1.81 bits per heavy atom. The first-order valence-corrected chi connectivity index (χ1v) is 24.7. The molecule has 0 bridgehead atoms. The van der Waals surface area contributed by atoms with Crippen LogP contribution in [0.4, 0.5) is 5.69 Å². The molecule has 1 saturated carbocycles. The first kappa shape index (κ1) is 45.1. The molecule has 5 atom stereocenters. The lowest BCUT2D eigenvalue weighted by Crippen LogP contribution is -2.58. The highest BCUT2D eigenvalue weighted by molar-refractivity contribution is 7.87. The van der Waals surface area contributed by atoms with Gasteiger partial charge in [0.2, 0.25) is 11.8 Å². The molecule has 2 saturated heterocycles. The first-order chi connectivity index (χ1) is 30.2. The molecular weight excluding hydrogens is 886 g/mol. The van der Waals surface area contributed by atoms with Crippen molar-refractivity contribution in [2.24, 2.45) is 5.92 Å². The third kappa shape index (κ3) is 9.51. The van der Waals surface area contributed by atoms with Crippen molar-refractivity contribution in [3.05, 3.63) is 75.2 Å². The molecule has 5 heterocycles. The second kappa shape index (κ2) is 18.6. The number of anilines is 1. The molecule has 8 rings (SSSR count). The van der Waals surface area contributed by atoms with Gasteiger partial charge < -0.3 is 25.0 Å². The van der Waals surface area contributed by atoms with E-state index in [0.29, 0.717) is 70.8 Å². The minimum absolute atomic E-state index is 0.0470. The van der Waals surface area contributed by atoms with Crippen LogP contribution in [0.5, 0.6) is 11.5 Å². The number of benzene rings is 2. The smallest absolute Gasteiger partial charge is 0.303 e. The predicted molar refractivity (Wildman–Crippen MR) is 246 cm³/mol. The zero-order valence-electron chi connectivity index (χ0n) is 35.8. The van der Waals surface area contributed by atoms with Gasteiger partial charge in [-0.1, -0.05) is 62.0 Å². The highest BCUT2D eigenvalue weighted by Gasteiger charge is 2.62. The van der Waals surface area contributed by atoms with Crippen molar-refractivity contribution in [1.29, 1.82) is 0 Å². The number of hydrogen-bond donors (Lipinski definition) is 3. The minimum Gasteiger partial charge on any atom is -0.496 e. The molecule has 18 heteroatoms. The summed E-state index contributed by atoms with van der Waals surface area (Å²) in [7, 11) is -2.53. The quantitative estimate of drug-likeness (QED) is 0.133. The molecule has 0 unspecified atom stereocenters. The van der Waals surface area contributed by atoms with Gasteiger partial charge in [-0.05, 0) is 81.7 Å². The highest BCUT2D eigenvalue weighted by atomic mass is 35.5. The zero-order valence-corrected chi connectivity index (χ0v) is 38.9. The standard InChI is InChI=1S/C45H53Cl2N7O7S2/c1-26(2)36-25-62-42(50-36)35-22-39(31-15-17-38(60-4)27(3)40(31)49-35)61-30-21-37-41(55)51-45(44(57)52-63(58,59)53-18-10-11-19-53)23-28(45)12-8-6-5-7-9-13-34(43(56)54(37)24-30)48-29-14-16-32(46)33(47)20-29/h8,12,14-17,20,22,25-26,28,30,34,37,48H,5-7,9-11,13,18-19,21,23-24H2,1-4H3,(H,51,55)(H,52,57)/b12-8-/t28-,30+,34-,37-,45+/m0/s1. The van der Waals surface area contributed by atoms with Crippen molar-refractivity contribution in [3.8, 4) is 22.2 Å². The number of hydrogen-bond acceptors (Lipinski definition) is 11. The van der Waals surface area contributed by atoms with Crippen LogP contribution >= 0.6 is 34.5 Å². The summed E-state index contributed by atoms with van der Waals surface area (Å²) in [6.07, 6.45) is 8.48. The molecular formula is C45H53Cl2N7O7S2. The molecule has 336 valence electrons. The Bertz CT molecular complexity index is 2550. The van der Waals surface area contributed by atoms with Gasteiger partial charge in [0, 0.05) is 53.5 Å². The third-order valence-corrected chi connectivity index (χ3v) is 15.6. The number of aryl methyl sites for hydroxylation is 1. The van der Waals surface area contributed by atoms with Crippen molar-refractivity contribution >= 4 is 79.1 Å². The van der Waals surface area contributed by atoms with E-state index in [2.05, 4.69) is 29.2 Å². The molecule has 3 fully saturated rings. The monoisotopic (exact) mass is 937 g/mol. The lowest BCUT2D eigenvalue weighted by atomic mass is 10.0. The van der Waals surface area contributed by atoms with Gasteiger partial charge in [0.15, 0.2) is 0 Å². The summed E-state index contributed by atoms with van der Waals surface area (Å²) >= 11 is 14.1. The van der Waals surface area contributed by atoms with Crippen LogP contribution in [-0.4, -0.2) is 95.8 Å². The van der Waals surface area contributed by atoms with E-state index >= 15 is 0 Å². The summed E-state index contributed by atoms with van der Waals surface area (Å²) in [5, 5.41) is 10.5. The number of rotatable bonds is 10. The fourth-order valence-electron chi connectivity index (χ4n) is 8.81. The van der Waals surface area contributed by atoms with E-state index < -0.39 is 51.7 Å². The summed E-state index contributed by atoms with van der Waals surface area (Å²) in [5.41, 5.74) is 2.11. The molecule has 3 N–H and O–H groups in total. The number of ether oxygens (including phenoxy) is 2. The molecule has 63 heavy (non-hydrogen) atoms. The van der Waals surface area contributed by atoms with Gasteiger partial charge in [0.1, 0.15) is 45.9 Å². The van der Waals surface area contributed by atoms with Crippen LogP contribution in [0.15, 0.2) is 53.9 Å². The van der Waals surface area contributed by atoms with E-state index in [-0.39, 0.29) is 31.2 Å². The SMILES string of the molecule is COc1ccc2c(O[C@@H]3C[C@H]4C(=O)N[C@]5(C(=O)NS(=O)(=O)N6CCCC6)C[C@@H]5/C=C\CCCCC[C@H](Nc5ccc(Cl)c(Cl)c5)C(=O)N4C3)cc(-c3nc(C(C)C)cs3)nc2c1C. The number of nitrogens with zero attached hydrogens (tertiary/aromatic N) is 4. The number of amides is 3. The maximum absolute atomic E-state index is 15.0. The van der Waals surface area contributed by atoms with Crippen molar-refractivity contribution in [1.82, 2.24) is 29.2 Å². The summed E-state index contributed by atoms with van der Waals surface area (Å²) < 4.78 is 42.8. The zero-order chi connectivity index (χ0) is 44.6. The first-order valence-electron chi connectivity index (χ1n) is 21.6. The Morgan fingerprint density at radius 1 is 1.02 bits per heavy atom. The average molecular weight is 939 g/mol. The minimum atomic E-state index is -4.14. The summed E-state index contributed by atoms with van der Waals surface area (Å²) in [5.74, 6) is -0.755. The van der Waals surface area contributed by atoms with Crippen LogP contribution in [0.3, 0.4) is 0 Å². The maximum Gasteiger partial charge on any atom is 0.303 e. The maximum atomic E-state index is 15.0. The Kier molecular flexibility index (Phi) is 13.3. The lowest BCUT2D eigenvalue weighted by molar-refractivity contribution is -0.140. The predicted octanol–water partition coefficient (Wildman–Crippen LogP) is 7.79. The van der Waals surface area contributed by atoms with E-state index in [0.717, 1.165) is 47.3 Å². The Balaban J connectivity index is 1.15. The van der Waals surface area contributed by atoms with Gasteiger partial charge >= 0.3 is 10.2 Å². The van der Waals surface area contributed by atoms with Crippen LogP contribution < -0.4 is 24.8 Å². The van der Waals surface area contributed by atoms with Gasteiger partial charge in [-0.15, -0.1) is 11.3 Å². The molecule has 2 aromatic carbocycles. The summed E-state index contributed by atoms with van der Waals surface area (Å²) in [4.78, 5) is 55.4. The number of carbonyl (C=O) groups is 3. The molecule has 14 nitrogen and oxygen atoms in total. The van der Waals surface area contributed by atoms with E-state index in [1.165, 1.54) is 20.5 Å². The van der Waals surface area contributed by atoms with Gasteiger partial charge in [0.25, 0.3) is 5.91 Å². The highest BCUT2D eigenvalue weighted by Crippen LogP contribution is 2.46.